The minimum atomic E-state index is -4.18. The number of cyclic esters (lactones) is 1. The predicted octanol–water partition coefficient (Wildman–Crippen LogP) is 7.56. The van der Waals surface area contributed by atoms with Crippen LogP contribution in [0.15, 0.2) is 94.9 Å². The first-order valence-corrected chi connectivity index (χ1v) is 38.5. The summed E-state index contributed by atoms with van der Waals surface area (Å²) in [6.07, 6.45) is 2.35. The number of carbonyl (C=O) groups is 8. The first kappa shape index (κ1) is 86.2. The van der Waals surface area contributed by atoms with Crippen LogP contribution in [-0.4, -0.2) is 203 Å². The molecule has 6 rings (SSSR count). The van der Waals surface area contributed by atoms with E-state index < -0.39 is 154 Å². The van der Waals surface area contributed by atoms with Crippen molar-refractivity contribution in [2.24, 2.45) is 41.4 Å². The number of aldehydes is 1. The van der Waals surface area contributed by atoms with E-state index in [0.717, 1.165) is 16.0 Å². The second-order valence-corrected chi connectivity index (χ2v) is 32.6. The maximum absolute atomic E-state index is 14.9. The number of aliphatic hydroxyl groups is 5. The molecule has 4 aliphatic rings. The van der Waals surface area contributed by atoms with Gasteiger partial charge in [0.05, 0.1) is 54.7 Å². The monoisotopic (exact) mass is 1480 g/mol. The number of unbranched alkanes of at least 4 members (excludes halogenated alkanes) is 1. The number of benzene rings is 2. The van der Waals surface area contributed by atoms with Gasteiger partial charge in [-0.25, -0.2) is 18.0 Å². The maximum atomic E-state index is 14.9. The van der Waals surface area contributed by atoms with Gasteiger partial charge in [-0.2, -0.15) is 4.31 Å². The van der Waals surface area contributed by atoms with E-state index in [-0.39, 0.29) is 99.4 Å². The smallest absolute Gasteiger partial charge is 0.407 e. The lowest BCUT2D eigenvalue weighted by Crippen LogP contribution is -2.63. The van der Waals surface area contributed by atoms with Gasteiger partial charge in [-0.05, 0) is 184 Å². The molecule has 0 radical (unpaired) electrons. The van der Waals surface area contributed by atoms with Crippen LogP contribution in [0.4, 0.5) is 4.79 Å². The lowest BCUT2D eigenvalue weighted by molar-refractivity contribution is -0.286. The first-order valence-electron chi connectivity index (χ1n) is 37.0. The summed E-state index contributed by atoms with van der Waals surface area (Å²) >= 11 is 0. The third kappa shape index (κ3) is 25.2. The standard InChI is InChI=1S/C78H117N5O20S/c1-48(2)45-82(104(97,98)59-32-30-58(99-11)31-33-59)46-67(89)61(42-54-23-15-13-16-24-54)81-73(92)60(26-19-21-35-79-76(95)103-77(8,9)10)80-69(90)28-18-14-17-25-56-38-49(3)37-50(4)39-66(88)71-57(47-84)41-52(6)78(96,102-71)72(91)74(93)83-36-22-20-27-62(83)75(94)101-70(53(7)64(86)44-65(56)87)51(5)40-55-29-34-63(85)68(43-55)100-12/h13-17,23-24,30-33,38,40,47-48,50,52-53,55-57,60-64,66-68,70-71,85-86,88-89,96H,18-22,25-29,34-37,39,41-46H2,1-12H3,(H,79,95)(H,80,90)(H,81,92)/b17-14+,49-38+,51-40+/t50-,52+,53+,55-,56+,57+,60?,61-,62-,63+,64-,66-,67+,68+,70+,71-,78+/m0/s1. The summed E-state index contributed by atoms with van der Waals surface area (Å²) in [5.41, 5.74) is 1.24. The zero-order chi connectivity index (χ0) is 76.8. The van der Waals surface area contributed by atoms with Crippen molar-refractivity contribution in [1.29, 1.82) is 0 Å². The van der Waals surface area contributed by atoms with E-state index in [9.17, 15) is 72.3 Å². The quantitative estimate of drug-likeness (QED) is 0.0141. The van der Waals surface area contributed by atoms with Gasteiger partial charge in [0, 0.05) is 69.8 Å². The molecular weight excluding hydrogens is 1360 g/mol. The van der Waals surface area contributed by atoms with E-state index >= 15 is 0 Å². The van der Waals surface area contributed by atoms with Crippen LogP contribution in [0.2, 0.25) is 0 Å². The van der Waals surface area contributed by atoms with Crippen molar-refractivity contribution in [3.63, 3.8) is 0 Å². The summed E-state index contributed by atoms with van der Waals surface area (Å²) in [5, 5.41) is 67.6. The molecule has 1 saturated carbocycles. The summed E-state index contributed by atoms with van der Waals surface area (Å²) in [7, 11) is -1.20. The third-order valence-corrected chi connectivity index (χ3v) is 22.1. The molecule has 580 valence electrons. The summed E-state index contributed by atoms with van der Waals surface area (Å²) in [6.45, 7) is 17.2. The van der Waals surface area contributed by atoms with Gasteiger partial charge in [-0.15, -0.1) is 0 Å². The first-order chi connectivity index (χ1) is 49.1. The van der Waals surface area contributed by atoms with Crippen molar-refractivity contribution < 1.29 is 96.0 Å². The van der Waals surface area contributed by atoms with Gasteiger partial charge in [0.2, 0.25) is 27.6 Å². The summed E-state index contributed by atoms with van der Waals surface area (Å²) < 4.78 is 58.4. The van der Waals surface area contributed by atoms with Crippen LogP contribution < -0.4 is 20.7 Å². The Kier molecular flexibility index (Phi) is 33.4. The second-order valence-electron chi connectivity index (χ2n) is 30.6. The molecule has 2 saturated heterocycles. The third-order valence-electron chi connectivity index (χ3n) is 20.2. The normalized spacial score (nSPS) is 29.0. The highest BCUT2D eigenvalue weighted by atomic mass is 32.2. The molecule has 3 heterocycles. The molecule has 3 aliphatic heterocycles. The molecule has 3 fully saturated rings. The predicted molar refractivity (Wildman–Crippen MR) is 389 cm³/mol. The fourth-order valence-electron chi connectivity index (χ4n) is 14.5. The zero-order valence-corrected chi connectivity index (χ0v) is 63.7. The van der Waals surface area contributed by atoms with Crippen molar-refractivity contribution in [3.8, 4) is 5.75 Å². The average Bonchev–Trinajstić information content (AvgIpc) is 0.789. The van der Waals surface area contributed by atoms with Gasteiger partial charge in [0.15, 0.2) is 0 Å². The number of ketones is 2. The van der Waals surface area contributed by atoms with E-state index in [1.807, 2.05) is 52.0 Å². The number of esters is 1. The number of methoxy groups -OCH3 is 2. The fraction of sp³-hybridized carbons (Fsp3) is 0.667. The van der Waals surface area contributed by atoms with Gasteiger partial charge in [-0.1, -0.05) is 94.8 Å². The minimum Gasteiger partial charge on any atom is -0.497 e. The Balaban J connectivity index is 1.27. The molecule has 0 aromatic heterocycles. The number of allylic oxidation sites excluding steroid dienone is 5. The van der Waals surface area contributed by atoms with Gasteiger partial charge in [0.25, 0.3) is 11.7 Å². The molecule has 17 atom stereocenters. The number of aliphatic hydroxyl groups excluding tert-OH is 4. The van der Waals surface area contributed by atoms with E-state index in [4.69, 9.17) is 23.7 Å². The number of alkyl carbamates (subject to hydrolysis) is 1. The number of ether oxygens (including phenoxy) is 5. The number of rotatable bonds is 27. The van der Waals surface area contributed by atoms with E-state index in [1.54, 1.807) is 65.0 Å². The van der Waals surface area contributed by atoms with Gasteiger partial charge in [-0.3, -0.25) is 24.0 Å². The topological polar surface area (TPSA) is 361 Å². The molecule has 1 aliphatic carbocycles. The summed E-state index contributed by atoms with van der Waals surface area (Å²) in [6, 6.07) is 11.4. The van der Waals surface area contributed by atoms with Crippen LogP contribution >= 0.6 is 0 Å². The molecule has 2 bridgehead atoms. The molecule has 4 amide bonds. The van der Waals surface area contributed by atoms with Gasteiger partial charge >= 0.3 is 12.1 Å². The highest BCUT2D eigenvalue weighted by Gasteiger charge is 2.56. The van der Waals surface area contributed by atoms with Crippen LogP contribution in [0, 0.1) is 41.4 Å². The average molecular weight is 1480 g/mol. The Morgan fingerprint density at radius 1 is 0.865 bits per heavy atom. The maximum Gasteiger partial charge on any atom is 0.407 e. The van der Waals surface area contributed by atoms with Crippen molar-refractivity contribution in [2.45, 2.75) is 256 Å². The molecule has 0 spiro atoms. The zero-order valence-electron chi connectivity index (χ0n) is 62.9. The number of fused-ring (bicyclic) bond motifs is 3. The highest BCUT2D eigenvalue weighted by molar-refractivity contribution is 7.89. The molecule has 8 N–H and O–H groups in total. The van der Waals surface area contributed by atoms with Crippen LogP contribution in [-0.2, 0) is 69.0 Å². The molecule has 26 heteroatoms. The number of hydrogen-bond acceptors (Lipinski definition) is 20. The molecule has 2 aromatic rings. The van der Waals surface area contributed by atoms with Crippen molar-refractivity contribution >= 4 is 57.7 Å². The number of amides is 4. The summed E-state index contributed by atoms with van der Waals surface area (Å²) in [5.74, 6) is -11.8. The SMILES string of the molecule is COc1ccc(S(=O)(=O)N(CC(C)C)C[C@@H](O)[C@H](Cc2ccccc2)NC(=O)C(CCCCNC(=O)OC(C)(C)C)NC(=O)CC/C=C/C[C@@H]2/C=C(\C)C[C@H](C)C[C@H](O)[C@H]3O[C@@](O)(C(=O)C(=O)N4CCCC[C@H]4C(=O)O[C@H](/C(C)=C/[C@@H]4CC[C@@H](O)[C@H](OC)C4)[C@H](C)[C@@H](O)CC2=O)[C@H](C)C[C@@H]3C=O)cc1. The Morgan fingerprint density at radius 3 is 2.22 bits per heavy atom. The number of piperidine rings is 1. The van der Waals surface area contributed by atoms with Gasteiger partial charge in [0.1, 0.15) is 41.6 Å². The largest absolute Gasteiger partial charge is 0.497 e. The Morgan fingerprint density at radius 2 is 1.57 bits per heavy atom. The van der Waals surface area contributed by atoms with Crippen molar-refractivity contribution in [1.82, 2.24) is 25.2 Å². The molecule has 104 heavy (non-hydrogen) atoms. The number of sulfonamides is 1. The molecule has 25 nitrogen and oxygen atoms in total. The number of hydrogen-bond donors (Lipinski definition) is 8. The molecular formula is C78H117N5O20S. The number of Topliss-reactive ketones (excluding diaryl/α,β-unsaturated/α-hetero) is 2. The van der Waals surface area contributed by atoms with E-state index in [2.05, 4.69) is 16.0 Å². The molecule has 1 unspecified atom stereocenters. The molecule has 2 aromatic carbocycles. The number of nitrogens with one attached hydrogen (secondary N) is 3. The lowest BCUT2D eigenvalue weighted by Gasteiger charge is -2.45. The van der Waals surface area contributed by atoms with Crippen LogP contribution in [0.3, 0.4) is 0 Å². The van der Waals surface area contributed by atoms with E-state index in [1.165, 1.54) is 49.7 Å². The van der Waals surface area contributed by atoms with Crippen molar-refractivity contribution in [2.75, 3.05) is 40.4 Å². The summed E-state index contributed by atoms with van der Waals surface area (Å²) in [4.78, 5) is 113. The van der Waals surface area contributed by atoms with Crippen molar-refractivity contribution in [3.05, 3.63) is 95.6 Å². The van der Waals surface area contributed by atoms with E-state index in [0.29, 0.717) is 69.0 Å². The Labute approximate surface area is 614 Å². The Hall–Kier alpha value is -6.75. The minimum absolute atomic E-state index is 0.00512. The fourth-order valence-corrected chi connectivity index (χ4v) is 16.1. The highest BCUT2D eigenvalue weighted by Crippen LogP contribution is 2.40. The van der Waals surface area contributed by atoms with Gasteiger partial charge < -0.3 is 74.9 Å². The lowest BCUT2D eigenvalue weighted by atomic mass is 9.78. The number of nitrogens with zero attached hydrogens (tertiary/aromatic N) is 2. The Bertz CT molecular complexity index is 3380. The van der Waals surface area contributed by atoms with Crippen LogP contribution in [0.1, 0.15) is 178 Å². The second kappa shape index (κ2) is 40.3. The van der Waals surface area contributed by atoms with Crippen LogP contribution in [0.25, 0.3) is 0 Å². The number of carbonyl (C=O) groups excluding carboxylic acids is 8. The van der Waals surface area contributed by atoms with Crippen LogP contribution in [0.5, 0.6) is 5.75 Å².